The molecule has 1 aliphatic heterocycles. The first-order valence-electron chi connectivity index (χ1n) is 6.56. The molecule has 17 heavy (non-hydrogen) atoms. The number of rotatable bonds is 7. The second-order valence-electron chi connectivity index (χ2n) is 4.38. The zero-order valence-corrected chi connectivity index (χ0v) is 10.9. The summed E-state index contributed by atoms with van der Waals surface area (Å²) in [7, 11) is 0. The molecule has 0 bridgehead atoms. The summed E-state index contributed by atoms with van der Waals surface area (Å²) in [5, 5.41) is 2.92. The fraction of sp³-hybridized carbons (Fsp3) is 0.917. The highest BCUT2D eigenvalue weighted by molar-refractivity contribution is 5.81. The molecule has 0 radical (unpaired) electrons. The van der Waals surface area contributed by atoms with E-state index in [1.807, 2.05) is 0 Å². The van der Waals surface area contributed by atoms with Gasteiger partial charge in [-0.05, 0) is 25.9 Å². The molecule has 0 spiro atoms. The average molecular weight is 243 g/mol. The van der Waals surface area contributed by atoms with Crippen molar-refractivity contribution in [1.29, 1.82) is 0 Å². The summed E-state index contributed by atoms with van der Waals surface area (Å²) in [6.45, 7) is 8.36. The Morgan fingerprint density at radius 3 is 2.65 bits per heavy atom. The summed E-state index contributed by atoms with van der Waals surface area (Å²) in [5.41, 5.74) is 5.51. The number of carbonyl (C=O) groups is 1. The van der Waals surface area contributed by atoms with E-state index in [0.717, 1.165) is 32.5 Å². The number of hydrogen-bond donors (Lipinski definition) is 2. The molecule has 0 unspecified atom stereocenters. The van der Waals surface area contributed by atoms with Crippen LogP contribution in [0.25, 0.3) is 0 Å². The van der Waals surface area contributed by atoms with E-state index in [9.17, 15) is 4.79 Å². The first-order valence-corrected chi connectivity index (χ1v) is 6.56. The van der Waals surface area contributed by atoms with Crippen LogP contribution in [0.5, 0.6) is 0 Å². The van der Waals surface area contributed by atoms with Crippen LogP contribution in [-0.2, 0) is 9.53 Å². The van der Waals surface area contributed by atoms with Crippen LogP contribution >= 0.6 is 0 Å². The van der Waals surface area contributed by atoms with Gasteiger partial charge in [0.1, 0.15) is 6.10 Å². The number of amides is 1. The Hall–Kier alpha value is -0.650. The van der Waals surface area contributed by atoms with Crippen molar-refractivity contribution in [3.8, 4) is 0 Å². The molecule has 2 atom stereocenters. The van der Waals surface area contributed by atoms with Gasteiger partial charge in [0.05, 0.1) is 6.10 Å². The number of likely N-dealkylation sites (N-methyl/N-ethyl adjacent to an activating group) is 1. The fourth-order valence-corrected chi connectivity index (χ4v) is 2.06. The quantitative estimate of drug-likeness (QED) is 0.658. The van der Waals surface area contributed by atoms with Gasteiger partial charge >= 0.3 is 0 Å². The van der Waals surface area contributed by atoms with Crippen LogP contribution in [0.1, 0.15) is 26.7 Å². The molecule has 1 fully saturated rings. The van der Waals surface area contributed by atoms with E-state index in [1.54, 1.807) is 0 Å². The lowest BCUT2D eigenvalue weighted by Gasteiger charge is -2.19. The van der Waals surface area contributed by atoms with E-state index < -0.39 is 0 Å². The number of hydrogen-bond acceptors (Lipinski definition) is 4. The number of carbonyl (C=O) groups excluding carboxylic acids is 1. The monoisotopic (exact) mass is 243 g/mol. The lowest BCUT2D eigenvalue weighted by atomic mass is 10.2. The van der Waals surface area contributed by atoms with Crippen LogP contribution in [-0.4, -0.2) is 55.7 Å². The number of ether oxygens (including phenoxy) is 1. The van der Waals surface area contributed by atoms with Crippen molar-refractivity contribution in [3.05, 3.63) is 0 Å². The van der Waals surface area contributed by atoms with E-state index >= 15 is 0 Å². The third-order valence-corrected chi connectivity index (χ3v) is 3.28. The molecule has 5 nitrogen and oxygen atoms in total. The molecule has 1 aliphatic rings. The molecule has 5 heteroatoms. The van der Waals surface area contributed by atoms with Crippen LogP contribution in [0.2, 0.25) is 0 Å². The highest BCUT2D eigenvalue weighted by Crippen LogP contribution is 2.18. The molecule has 1 amide bonds. The summed E-state index contributed by atoms with van der Waals surface area (Å²) >= 11 is 0. The van der Waals surface area contributed by atoms with Crippen LogP contribution in [0.4, 0.5) is 0 Å². The molecule has 1 rings (SSSR count). The lowest BCUT2D eigenvalue weighted by molar-refractivity contribution is -0.131. The standard InChI is InChI=1S/C12H25N3O2/c1-3-15(4-2)8-7-14-12(16)11-6-5-10(9-13)17-11/h10-11H,3-9,13H2,1-2H3,(H,14,16)/t10-,11+/m1/s1. The fourth-order valence-electron chi connectivity index (χ4n) is 2.06. The summed E-state index contributed by atoms with van der Waals surface area (Å²) in [4.78, 5) is 14.0. The predicted molar refractivity (Wildman–Crippen MR) is 67.7 cm³/mol. The Kier molecular flexibility index (Phi) is 6.47. The van der Waals surface area contributed by atoms with Crippen molar-refractivity contribution in [2.24, 2.45) is 5.73 Å². The number of nitrogens with two attached hydrogens (primary N) is 1. The minimum absolute atomic E-state index is 0.00751. The van der Waals surface area contributed by atoms with E-state index in [2.05, 4.69) is 24.1 Å². The van der Waals surface area contributed by atoms with Crippen molar-refractivity contribution >= 4 is 5.91 Å². The van der Waals surface area contributed by atoms with Gasteiger partial charge in [0, 0.05) is 19.6 Å². The minimum atomic E-state index is -0.291. The Morgan fingerprint density at radius 1 is 1.41 bits per heavy atom. The largest absolute Gasteiger partial charge is 0.364 e. The molecular weight excluding hydrogens is 218 g/mol. The first kappa shape index (κ1) is 14.4. The molecule has 1 heterocycles. The molecule has 0 aromatic carbocycles. The van der Waals surface area contributed by atoms with Crippen LogP contribution in [0.3, 0.4) is 0 Å². The highest BCUT2D eigenvalue weighted by Gasteiger charge is 2.29. The molecule has 100 valence electrons. The Labute approximate surface area is 104 Å². The van der Waals surface area contributed by atoms with E-state index in [4.69, 9.17) is 10.5 Å². The second kappa shape index (κ2) is 7.63. The van der Waals surface area contributed by atoms with Gasteiger partial charge in [-0.1, -0.05) is 13.8 Å². The Morgan fingerprint density at radius 2 is 2.12 bits per heavy atom. The van der Waals surface area contributed by atoms with E-state index in [-0.39, 0.29) is 18.1 Å². The summed E-state index contributed by atoms with van der Waals surface area (Å²) < 4.78 is 5.53. The normalized spacial score (nSPS) is 24.2. The van der Waals surface area contributed by atoms with Crippen molar-refractivity contribution < 1.29 is 9.53 Å². The highest BCUT2D eigenvalue weighted by atomic mass is 16.5. The second-order valence-corrected chi connectivity index (χ2v) is 4.38. The van der Waals surface area contributed by atoms with Crippen molar-refractivity contribution in [3.63, 3.8) is 0 Å². The Balaban J connectivity index is 2.17. The molecule has 0 aromatic rings. The molecule has 0 aromatic heterocycles. The lowest BCUT2D eigenvalue weighted by Crippen LogP contribution is -2.40. The smallest absolute Gasteiger partial charge is 0.249 e. The third kappa shape index (κ3) is 4.61. The maximum Gasteiger partial charge on any atom is 0.249 e. The van der Waals surface area contributed by atoms with Gasteiger partial charge in [-0.25, -0.2) is 0 Å². The third-order valence-electron chi connectivity index (χ3n) is 3.28. The van der Waals surface area contributed by atoms with Crippen molar-refractivity contribution in [2.75, 3.05) is 32.7 Å². The van der Waals surface area contributed by atoms with Crippen LogP contribution in [0.15, 0.2) is 0 Å². The maximum atomic E-state index is 11.8. The van der Waals surface area contributed by atoms with Crippen LogP contribution < -0.4 is 11.1 Å². The maximum absolute atomic E-state index is 11.8. The minimum Gasteiger partial charge on any atom is -0.364 e. The topological polar surface area (TPSA) is 67.6 Å². The first-order chi connectivity index (χ1) is 8.21. The van der Waals surface area contributed by atoms with Crippen molar-refractivity contribution in [1.82, 2.24) is 10.2 Å². The van der Waals surface area contributed by atoms with E-state index in [0.29, 0.717) is 13.1 Å². The van der Waals surface area contributed by atoms with Gasteiger partial charge in [0.15, 0.2) is 0 Å². The SMILES string of the molecule is CCN(CC)CCNC(=O)[C@@H]1CC[C@H](CN)O1. The Bertz CT molecular complexity index is 232. The number of nitrogens with one attached hydrogen (secondary N) is 1. The number of nitrogens with zero attached hydrogens (tertiary/aromatic N) is 1. The summed E-state index contributed by atoms with van der Waals surface area (Å²) in [5.74, 6) is 0.00751. The van der Waals surface area contributed by atoms with Gasteiger partial charge in [0.2, 0.25) is 5.91 Å². The average Bonchev–Trinajstić information content (AvgIpc) is 2.83. The van der Waals surface area contributed by atoms with Crippen molar-refractivity contribution in [2.45, 2.75) is 38.9 Å². The van der Waals surface area contributed by atoms with Gasteiger partial charge in [0.25, 0.3) is 0 Å². The summed E-state index contributed by atoms with van der Waals surface area (Å²) in [6.07, 6.45) is 1.46. The van der Waals surface area contributed by atoms with Crippen LogP contribution in [0, 0.1) is 0 Å². The predicted octanol–water partition coefficient (Wildman–Crippen LogP) is -0.0493. The van der Waals surface area contributed by atoms with Gasteiger partial charge in [-0.3, -0.25) is 4.79 Å². The van der Waals surface area contributed by atoms with Gasteiger partial charge < -0.3 is 20.7 Å². The zero-order chi connectivity index (χ0) is 12.7. The van der Waals surface area contributed by atoms with Gasteiger partial charge in [-0.15, -0.1) is 0 Å². The van der Waals surface area contributed by atoms with E-state index in [1.165, 1.54) is 0 Å². The zero-order valence-electron chi connectivity index (χ0n) is 10.9. The summed E-state index contributed by atoms with van der Waals surface area (Å²) in [6, 6.07) is 0. The van der Waals surface area contributed by atoms with Gasteiger partial charge in [-0.2, -0.15) is 0 Å². The molecule has 0 saturated carbocycles. The molecule has 0 aliphatic carbocycles. The molecule has 3 N–H and O–H groups in total. The molecule has 1 saturated heterocycles. The molecular formula is C12H25N3O2.